The summed E-state index contributed by atoms with van der Waals surface area (Å²) in [5, 5.41) is 10.3. The number of aromatic nitrogens is 2. The van der Waals surface area contributed by atoms with Crippen LogP contribution in [0.3, 0.4) is 0 Å². The van der Waals surface area contributed by atoms with E-state index in [2.05, 4.69) is 20.4 Å². The van der Waals surface area contributed by atoms with Gasteiger partial charge in [0.2, 0.25) is 0 Å². The van der Waals surface area contributed by atoms with Crippen molar-refractivity contribution in [3.8, 4) is 0 Å². The van der Waals surface area contributed by atoms with Gasteiger partial charge in [0.1, 0.15) is 5.76 Å². The Bertz CT molecular complexity index is 958. The van der Waals surface area contributed by atoms with Gasteiger partial charge in [-0.05, 0) is 44.1 Å². The molecule has 0 unspecified atom stereocenters. The van der Waals surface area contributed by atoms with Crippen LogP contribution in [0.25, 0.3) is 10.8 Å². The molecule has 1 aliphatic rings. The van der Waals surface area contributed by atoms with E-state index in [1.54, 1.807) is 30.5 Å². The van der Waals surface area contributed by atoms with Crippen molar-refractivity contribution in [1.82, 2.24) is 20.4 Å². The highest BCUT2D eigenvalue weighted by Crippen LogP contribution is 2.25. The van der Waals surface area contributed by atoms with E-state index in [9.17, 15) is 9.59 Å². The first-order valence-corrected chi connectivity index (χ1v) is 8.77. The van der Waals surface area contributed by atoms with Crippen LogP contribution < -0.4 is 10.9 Å². The Morgan fingerprint density at radius 3 is 2.69 bits per heavy atom. The maximum Gasteiger partial charge on any atom is 0.272 e. The van der Waals surface area contributed by atoms with Crippen molar-refractivity contribution in [2.75, 3.05) is 19.6 Å². The fourth-order valence-corrected chi connectivity index (χ4v) is 3.50. The van der Waals surface area contributed by atoms with Crippen LogP contribution in [0.4, 0.5) is 0 Å². The lowest BCUT2D eigenvalue weighted by Gasteiger charge is -2.25. The zero-order chi connectivity index (χ0) is 17.9. The first-order chi connectivity index (χ1) is 12.7. The monoisotopic (exact) mass is 352 g/mol. The molecule has 7 heteroatoms. The van der Waals surface area contributed by atoms with Gasteiger partial charge in [0, 0.05) is 11.9 Å². The predicted molar refractivity (Wildman–Crippen MR) is 97.0 cm³/mol. The van der Waals surface area contributed by atoms with Gasteiger partial charge in [-0.25, -0.2) is 5.10 Å². The SMILES string of the molecule is O=C(NC[C@@H](c1ccco1)N1CCCC1)c1n[nH]c(=O)c2ccccc12. The van der Waals surface area contributed by atoms with E-state index in [0.717, 1.165) is 31.7 Å². The molecule has 3 heterocycles. The van der Waals surface area contributed by atoms with Crippen molar-refractivity contribution in [1.29, 1.82) is 0 Å². The fourth-order valence-electron chi connectivity index (χ4n) is 3.50. The Morgan fingerprint density at radius 1 is 1.19 bits per heavy atom. The van der Waals surface area contributed by atoms with Gasteiger partial charge >= 0.3 is 0 Å². The highest BCUT2D eigenvalue weighted by molar-refractivity contribution is 6.04. The number of amides is 1. The second-order valence-electron chi connectivity index (χ2n) is 6.43. The first kappa shape index (κ1) is 16.5. The molecule has 4 rings (SSSR count). The maximum absolute atomic E-state index is 12.7. The smallest absolute Gasteiger partial charge is 0.272 e. The van der Waals surface area contributed by atoms with E-state index in [0.29, 0.717) is 17.3 Å². The average molecular weight is 352 g/mol. The minimum absolute atomic E-state index is 0.00882. The Kier molecular flexibility index (Phi) is 4.53. The summed E-state index contributed by atoms with van der Waals surface area (Å²) in [7, 11) is 0. The number of fused-ring (bicyclic) bond motifs is 1. The normalized spacial score (nSPS) is 16.0. The third-order valence-electron chi connectivity index (χ3n) is 4.82. The molecule has 0 spiro atoms. The van der Waals surface area contributed by atoms with E-state index >= 15 is 0 Å². The summed E-state index contributed by atoms with van der Waals surface area (Å²) in [5.41, 5.74) is -0.0810. The molecule has 134 valence electrons. The lowest BCUT2D eigenvalue weighted by molar-refractivity contribution is 0.0929. The number of likely N-dealkylation sites (tertiary alicyclic amines) is 1. The Morgan fingerprint density at radius 2 is 1.96 bits per heavy atom. The highest BCUT2D eigenvalue weighted by Gasteiger charge is 2.26. The average Bonchev–Trinajstić information content (AvgIpc) is 3.37. The largest absolute Gasteiger partial charge is 0.468 e. The van der Waals surface area contributed by atoms with Crippen LogP contribution in [-0.2, 0) is 0 Å². The van der Waals surface area contributed by atoms with Crippen molar-refractivity contribution in [2.45, 2.75) is 18.9 Å². The number of nitrogens with one attached hydrogen (secondary N) is 2. The number of rotatable bonds is 5. The zero-order valence-corrected chi connectivity index (χ0v) is 14.3. The quantitative estimate of drug-likeness (QED) is 0.734. The molecule has 1 amide bonds. The molecule has 1 atom stereocenters. The fraction of sp³-hybridized carbons (Fsp3) is 0.316. The second kappa shape index (κ2) is 7.13. The van der Waals surface area contributed by atoms with Gasteiger partial charge in [0.05, 0.1) is 17.7 Å². The summed E-state index contributed by atoms with van der Waals surface area (Å²) in [5.74, 6) is 0.527. The highest BCUT2D eigenvalue weighted by atomic mass is 16.3. The van der Waals surface area contributed by atoms with Gasteiger partial charge < -0.3 is 9.73 Å². The molecular weight excluding hydrogens is 332 g/mol. The molecule has 26 heavy (non-hydrogen) atoms. The van der Waals surface area contributed by atoms with Crippen LogP contribution in [0, 0.1) is 0 Å². The van der Waals surface area contributed by atoms with Gasteiger partial charge in [-0.3, -0.25) is 14.5 Å². The van der Waals surface area contributed by atoms with E-state index in [1.165, 1.54) is 0 Å². The molecule has 0 bridgehead atoms. The standard InChI is InChI=1S/C19H20N4O3/c24-18-14-7-2-1-6-13(14)17(21-22-18)19(25)20-12-15(16-8-5-11-26-16)23-9-3-4-10-23/h1-2,5-8,11,15H,3-4,9-10,12H2,(H,20,25)(H,22,24)/t15-/m0/s1. The summed E-state index contributed by atoms with van der Waals surface area (Å²) in [6.07, 6.45) is 3.95. The summed E-state index contributed by atoms with van der Waals surface area (Å²) >= 11 is 0. The topological polar surface area (TPSA) is 91.2 Å². The van der Waals surface area contributed by atoms with Crippen LogP contribution in [0.1, 0.15) is 35.1 Å². The molecule has 0 radical (unpaired) electrons. The van der Waals surface area contributed by atoms with Crippen molar-refractivity contribution in [3.63, 3.8) is 0 Å². The van der Waals surface area contributed by atoms with Crippen molar-refractivity contribution < 1.29 is 9.21 Å². The predicted octanol–water partition coefficient (Wildman–Crippen LogP) is 2.08. The van der Waals surface area contributed by atoms with Gasteiger partial charge in [-0.1, -0.05) is 18.2 Å². The third-order valence-corrected chi connectivity index (χ3v) is 4.82. The van der Waals surface area contributed by atoms with Crippen molar-refractivity contribution in [3.05, 3.63) is 64.5 Å². The summed E-state index contributed by atoms with van der Waals surface area (Å²) in [4.78, 5) is 26.9. The number of carbonyl (C=O) groups excluding carboxylic acids is 1. The minimum atomic E-state index is -0.312. The number of benzene rings is 1. The van der Waals surface area contributed by atoms with Crippen molar-refractivity contribution in [2.24, 2.45) is 0 Å². The molecule has 0 aliphatic carbocycles. The van der Waals surface area contributed by atoms with Crippen LogP contribution >= 0.6 is 0 Å². The van der Waals surface area contributed by atoms with Gasteiger partial charge in [0.25, 0.3) is 11.5 Å². The van der Waals surface area contributed by atoms with Gasteiger partial charge in [0.15, 0.2) is 5.69 Å². The lowest BCUT2D eigenvalue weighted by atomic mass is 10.1. The third kappa shape index (κ3) is 3.13. The number of furan rings is 1. The van der Waals surface area contributed by atoms with Gasteiger partial charge in [-0.15, -0.1) is 0 Å². The molecule has 2 N–H and O–H groups in total. The number of nitrogens with zero attached hydrogens (tertiary/aromatic N) is 2. The molecule has 1 saturated heterocycles. The number of carbonyl (C=O) groups is 1. The van der Waals surface area contributed by atoms with Crippen LogP contribution in [0.2, 0.25) is 0 Å². The molecular formula is C19H20N4O3. The van der Waals surface area contributed by atoms with E-state index in [-0.39, 0.29) is 23.2 Å². The Labute approximate surface area is 150 Å². The molecule has 7 nitrogen and oxygen atoms in total. The lowest BCUT2D eigenvalue weighted by Crippen LogP contribution is -2.37. The van der Waals surface area contributed by atoms with Crippen LogP contribution in [0.15, 0.2) is 51.9 Å². The number of H-pyrrole nitrogens is 1. The van der Waals surface area contributed by atoms with E-state index in [4.69, 9.17) is 4.42 Å². The summed E-state index contributed by atoms with van der Waals surface area (Å²) < 4.78 is 5.58. The van der Waals surface area contributed by atoms with Crippen LogP contribution in [0.5, 0.6) is 0 Å². The first-order valence-electron chi connectivity index (χ1n) is 8.77. The summed E-state index contributed by atoms with van der Waals surface area (Å²) in [6, 6.07) is 10.8. The Balaban J connectivity index is 1.56. The minimum Gasteiger partial charge on any atom is -0.468 e. The van der Waals surface area contributed by atoms with E-state index < -0.39 is 0 Å². The molecule has 0 saturated carbocycles. The van der Waals surface area contributed by atoms with Gasteiger partial charge in [-0.2, -0.15) is 5.10 Å². The van der Waals surface area contributed by atoms with Crippen molar-refractivity contribution >= 4 is 16.7 Å². The molecule has 2 aromatic heterocycles. The molecule has 3 aromatic rings. The maximum atomic E-state index is 12.7. The number of hydrogen-bond acceptors (Lipinski definition) is 5. The second-order valence-corrected chi connectivity index (χ2v) is 6.43. The summed E-state index contributed by atoms with van der Waals surface area (Å²) in [6.45, 7) is 2.39. The van der Waals surface area contributed by atoms with Crippen LogP contribution in [-0.4, -0.2) is 40.6 Å². The zero-order valence-electron chi connectivity index (χ0n) is 14.3. The number of aromatic amines is 1. The van der Waals surface area contributed by atoms with E-state index in [1.807, 2.05) is 12.1 Å². The number of hydrogen-bond donors (Lipinski definition) is 2. The molecule has 1 fully saturated rings. The molecule has 1 aromatic carbocycles. The molecule has 1 aliphatic heterocycles. The Hall–Kier alpha value is -2.93.